The van der Waals surface area contributed by atoms with E-state index < -0.39 is 9.05 Å². The van der Waals surface area contributed by atoms with E-state index in [9.17, 15) is 8.42 Å². The summed E-state index contributed by atoms with van der Waals surface area (Å²) in [6.45, 7) is 6.68. The van der Waals surface area contributed by atoms with E-state index >= 15 is 0 Å². The Hall–Kier alpha value is 0.200. The van der Waals surface area contributed by atoms with Gasteiger partial charge in [0.25, 0.3) is 0 Å². The zero-order chi connectivity index (χ0) is 14.6. The highest BCUT2D eigenvalue weighted by Crippen LogP contribution is 2.38. The van der Waals surface area contributed by atoms with E-state index in [1.165, 1.54) is 12.8 Å². The Morgan fingerprint density at radius 1 is 1.16 bits per heavy atom. The summed E-state index contributed by atoms with van der Waals surface area (Å²) < 4.78 is 29.0. The lowest BCUT2D eigenvalue weighted by molar-refractivity contribution is -0.0633. The Bertz CT molecular complexity index is 368. The highest BCUT2D eigenvalue weighted by Gasteiger charge is 2.37. The summed E-state index contributed by atoms with van der Waals surface area (Å²) in [4.78, 5) is 0. The maximum absolute atomic E-state index is 11.5. The smallest absolute Gasteiger partial charge is 0.233 e. The average Bonchev–Trinajstić information content (AvgIpc) is 2.51. The van der Waals surface area contributed by atoms with Crippen molar-refractivity contribution in [1.29, 1.82) is 0 Å². The van der Waals surface area contributed by atoms with Crippen LogP contribution in [0.5, 0.6) is 0 Å². The number of rotatable bonds is 6. The van der Waals surface area contributed by atoms with Crippen molar-refractivity contribution in [3.8, 4) is 0 Å². The molecule has 5 heteroatoms. The van der Waals surface area contributed by atoms with Crippen LogP contribution in [-0.4, -0.2) is 26.4 Å². The molecule has 0 unspecified atom stereocenters. The molecule has 0 N–H and O–H groups in total. The maximum atomic E-state index is 11.5. The Kier molecular flexibility index (Phi) is 6.15. The summed E-state index contributed by atoms with van der Waals surface area (Å²) in [5, 5.41) is 0. The number of hydrogen-bond donors (Lipinski definition) is 0. The van der Waals surface area contributed by atoms with Crippen molar-refractivity contribution >= 4 is 19.7 Å². The van der Waals surface area contributed by atoms with Crippen molar-refractivity contribution in [2.75, 3.05) is 12.4 Å². The van der Waals surface area contributed by atoms with Crippen LogP contribution < -0.4 is 0 Å². The van der Waals surface area contributed by atoms with Crippen LogP contribution in [-0.2, 0) is 13.8 Å². The normalized spacial score (nSPS) is 21.1. The predicted octanol–water partition coefficient (Wildman–Crippen LogP) is 4.10. The van der Waals surface area contributed by atoms with E-state index in [-0.39, 0.29) is 16.8 Å². The van der Waals surface area contributed by atoms with Gasteiger partial charge in [0.1, 0.15) is 0 Å². The first kappa shape index (κ1) is 17.3. The van der Waals surface area contributed by atoms with Gasteiger partial charge in [-0.1, -0.05) is 32.6 Å². The number of halogens is 1. The van der Waals surface area contributed by atoms with Crippen LogP contribution in [0.1, 0.15) is 65.7 Å². The van der Waals surface area contributed by atoms with Gasteiger partial charge in [-0.25, -0.2) is 8.42 Å². The molecule has 0 aromatic heterocycles. The fourth-order valence-electron chi connectivity index (χ4n) is 2.63. The highest BCUT2D eigenvalue weighted by atomic mass is 35.7. The van der Waals surface area contributed by atoms with Crippen molar-refractivity contribution in [1.82, 2.24) is 0 Å². The van der Waals surface area contributed by atoms with E-state index in [0.29, 0.717) is 6.61 Å². The summed E-state index contributed by atoms with van der Waals surface area (Å²) >= 11 is 0. The molecule has 0 bridgehead atoms. The summed E-state index contributed by atoms with van der Waals surface area (Å²) in [5.41, 5.74) is -0.487. The quantitative estimate of drug-likeness (QED) is 0.548. The van der Waals surface area contributed by atoms with Gasteiger partial charge < -0.3 is 4.74 Å². The molecule has 0 radical (unpaired) electrons. The number of hydrogen-bond acceptors (Lipinski definition) is 3. The fourth-order valence-corrected chi connectivity index (χ4v) is 4.42. The summed E-state index contributed by atoms with van der Waals surface area (Å²) in [5.74, 6) is 0.0430. The Labute approximate surface area is 122 Å². The lowest BCUT2D eigenvalue weighted by atomic mass is 9.83. The molecule has 0 saturated heterocycles. The molecule has 19 heavy (non-hydrogen) atoms. The first-order valence-corrected chi connectivity index (χ1v) is 9.72. The topological polar surface area (TPSA) is 43.4 Å². The van der Waals surface area contributed by atoms with Crippen LogP contribution in [0.4, 0.5) is 0 Å². The minimum absolute atomic E-state index is 0.0430. The van der Waals surface area contributed by atoms with Crippen LogP contribution in [0.15, 0.2) is 0 Å². The van der Waals surface area contributed by atoms with Crippen LogP contribution in [0.25, 0.3) is 0 Å². The van der Waals surface area contributed by atoms with Gasteiger partial charge in [0.15, 0.2) is 0 Å². The fraction of sp³-hybridized carbons (Fsp3) is 1.00. The highest BCUT2D eigenvalue weighted by molar-refractivity contribution is 8.13. The van der Waals surface area contributed by atoms with Crippen molar-refractivity contribution in [2.45, 2.75) is 71.3 Å². The van der Waals surface area contributed by atoms with Gasteiger partial charge in [0.2, 0.25) is 9.05 Å². The molecule has 1 saturated carbocycles. The molecule has 3 nitrogen and oxygen atoms in total. The van der Waals surface area contributed by atoms with E-state index in [2.05, 4.69) is 6.92 Å². The standard InChI is InChI=1S/C14H27ClO3S/c1-4-13(2,3)18-11-14(12-19(15,16)17)9-7-5-6-8-10-14/h4-12H2,1-3H3. The molecule has 0 atom stereocenters. The van der Waals surface area contributed by atoms with Gasteiger partial charge in [-0.3, -0.25) is 0 Å². The Morgan fingerprint density at radius 3 is 2.11 bits per heavy atom. The summed E-state index contributed by atoms with van der Waals surface area (Å²) in [6.07, 6.45) is 7.22. The third kappa shape index (κ3) is 6.46. The first-order chi connectivity index (χ1) is 8.68. The van der Waals surface area contributed by atoms with Crippen LogP contribution in [0.2, 0.25) is 0 Å². The molecule has 114 valence electrons. The molecule has 1 aliphatic carbocycles. The third-order valence-corrected chi connectivity index (χ3v) is 5.55. The molecule has 0 aromatic rings. The summed E-state index contributed by atoms with van der Waals surface area (Å²) in [7, 11) is 2.03. The van der Waals surface area contributed by atoms with E-state index in [4.69, 9.17) is 15.4 Å². The SMILES string of the molecule is CCC(C)(C)OCC1(CS(=O)(=O)Cl)CCCCCC1. The molecule has 0 amide bonds. The molecule has 0 aliphatic heterocycles. The largest absolute Gasteiger partial charge is 0.375 e. The second-order valence-corrected chi connectivity index (χ2v) is 9.28. The molecular weight excluding hydrogens is 284 g/mol. The third-order valence-electron chi connectivity index (χ3n) is 4.26. The van der Waals surface area contributed by atoms with E-state index in [0.717, 1.165) is 32.1 Å². The second-order valence-electron chi connectivity index (χ2n) is 6.50. The van der Waals surface area contributed by atoms with Gasteiger partial charge >= 0.3 is 0 Å². The lowest BCUT2D eigenvalue weighted by Gasteiger charge is -2.35. The predicted molar refractivity (Wildman–Crippen MR) is 80.1 cm³/mol. The van der Waals surface area contributed by atoms with Gasteiger partial charge in [-0.05, 0) is 33.1 Å². The Balaban J connectivity index is 2.79. The van der Waals surface area contributed by atoms with Crippen LogP contribution >= 0.6 is 10.7 Å². The van der Waals surface area contributed by atoms with Crippen molar-refractivity contribution in [3.05, 3.63) is 0 Å². The van der Waals surface area contributed by atoms with Crippen LogP contribution in [0, 0.1) is 5.41 Å². The minimum Gasteiger partial charge on any atom is -0.375 e. The van der Waals surface area contributed by atoms with Gasteiger partial charge in [0, 0.05) is 16.1 Å². The summed E-state index contributed by atoms with van der Waals surface area (Å²) in [6, 6.07) is 0. The lowest BCUT2D eigenvalue weighted by Crippen LogP contribution is -2.37. The van der Waals surface area contributed by atoms with E-state index in [1.54, 1.807) is 0 Å². The van der Waals surface area contributed by atoms with Crippen molar-refractivity contribution < 1.29 is 13.2 Å². The zero-order valence-corrected chi connectivity index (χ0v) is 13.9. The monoisotopic (exact) mass is 310 g/mol. The van der Waals surface area contributed by atoms with Gasteiger partial charge in [-0.15, -0.1) is 0 Å². The molecule has 1 fully saturated rings. The Morgan fingerprint density at radius 2 is 1.68 bits per heavy atom. The van der Waals surface area contributed by atoms with E-state index in [1.807, 2.05) is 13.8 Å². The van der Waals surface area contributed by atoms with Crippen LogP contribution in [0.3, 0.4) is 0 Å². The molecule has 0 spiro atoms. The van der Waals surface area contributed by atoms with Crippen molar-refractivity contribution in [3.63, 3.8) is 0 Å². The molecule has 0 aromatic carbocycles. The minimum atomic E-state index is -3.48. The second kappa shape index (κ2) is 6.77. The zero-order valence-electron chi connectivity index (χ0n) is 12.4. The first-order valence-electron chi connectivity index (χ1n) is 7.24. The molecule has 0 heterocycles. The van der Waals surface area contributed by atoms with Gasteiger partial charge in [0.05, 0.1) is 18.0 Å². The maximum Gasteiger partial charge on any atom is 0.233 e. The van der Waals surface area contributed by atoms with Crippen molar-refractivity contribution in [2.24, 2.45) is 5.41 Å². The molecule has 1 rings (SSSR count). The molecule has 1 aliphatic rings. The average molecular weight is 311 g/mol. The molecular formula is C14H27ClO3S. The number of ether oxygens (including phenoxy) is 1. The van der Waals surface area contributed by atoms with Gasteiger partial charge in [-0.2, -0.15) is 0 Å².